The van der Waals surface area contributed by atoms with Gasteiger partial charge in [0.15, 0.2) is 5.65 Å². The molecule has 7 nitrogen and oxygen atoms in total. The molecule has 3 heterocycles. The molecule has 2 amide bonds. The topological polar surface area (TPSA) is 80.1 Å². The Labute approximate surface area is 140 Å². The lowest BCUT2D eigenvalue weighted by molar-refractivity contribution is -0.128. The van der Waals surface area contributed by atoms with E-state index in [1.807, 2.05) is 29.5 Å². The predicted molar refractivity (Wildman–Crippen MR) is 89.4 cm³/mol. The summed E-state index contributed by atoms with van der Waals surface area (Å²) in [6, 6.07) is 2.48. The van der Waals surface area contributed by atoms with Gasteiger partial charge >= 0.3 is 0 Å². The second kappa shape index (κ2) is 5.58. The average Bonchev–Trinajstić information content (AvgIpc) is 3.17. The van der Waals surface area contributed by atoms with Crippen LogP contribution in [0.5, 0.6) is 0 Å². The lowest BCUT2D eigenvalue weighted by Crippen LogP contribution is -2.29. The van der Waals surface area contributed by atoms with Crippen LogP contribution < -0.4 is 5.32 Å². The Kier molecular flexibility index (Phi) is 3.51. The fourth-order valence-corrected chi connectivity index (χ4v) is 3.28. The Morgan fingerprint density at radius 2 is 2.12 bits per heavy atom. The van der Waals surface area contributed by atoms with Gasteiger partial charge in [-0.25, -0.2) is 9.67 Å². The fourth-order valence-electron chi connectivity index (χ4n) is 3.28. The van der Waals surface area contributed by atoms with Crippen molar-refractivity contribution in [2.24, 2.45) is 5.92 Å². The van der Waals surface area contributed by atoms with Crippen molar-refractivity contribution in [3.05, 3.63) is 18.5 Å². The van der Waals surface area contributed by atoms with Crippen molar-refractivity contribution in [2.45, 2.75) is 45.2 Å². The number of anilines is 1. The summed E-state index contributed by atoms with van der Waals surface area (Å²) in [7, 11) is 0. The minimum absolute atomic E-state index is 0.101. The molecule has 2 aromatic rings. The maximum atomic E-state index is 12.5. The quantitative estimate of drug-likeness (QED) is 0.931. The molecule has 0 unspecified atom stereocenters. The zero-order chi connectivity index (χ0) is 16.8. The van der Waals surface area contributed by atoms with Crippen molar-refractivity contribution in [3.63, 3.8) is 0 Å². The molecule has 0 radical (unpaired) electrons. The first-order valence-electron chi connectivity index (χ1n) is 8.46. The standard InChI is InChI=1S/C17H21N5O2/c1-10(2)22-16-11(7-19-22)5-13(8-18-16)20-17(24)12-6-15(23)21(9-12)14-3-4-14/h5,7-8,10,12,14H,3-4,6,9H2,1-2H3,(H,20,24)/t12-/m1/s1. The highest BCUT2D eigenvalue weighted by molar-refractivity contribution is 5.98. The lowest BCUT2D eigenvalue weighted by atomic mass is 10.1. The Balaban J connectivity index is 1.48. The summed E-state index contributed by atoms with van der Waals surface area (Å²) in [4.78, 5) is 30.7. The van der Waals surface area contributed by atoms with E-state index in [0.29, 0.717) is 24.7 Å². The molecule has 0 bridgehead atoms. The Morgan fingerprint density at radius 1 is 1.33 bits per heavy atom. The molecular formula is C17H21N5O2. The number of carbonyl (C=O) groups excluding carboxylic acids is 2. The van der Waals surface area contributed by atoms with Crippen LogP contribution in [0.2, 0.25) is 0 Å². The van der Waals surface area contributed by atoms with Gasteiger partial charge in [0.1, 0.15) is 0 Å². The summed E-state index contributed by atoms with van der Waals surface area (Å²) in [5.41, 5.74) is 1.45. The molecule has 1 saturated heterocycles. The van der Waals surface area contributed by atoms with Crippen LogP contribution in [0.15, 0.2) is 18.5 Å². The molecule has 2 aromatic heterocycles. The largest absolute Gasteiger partial charge is 0.339 e. The number of nitrogens with zero attached hydrogens (tertiary/aromatic N) is 4. The average molecular weight is 327 g/mol. The number of nitrogens with one attached hydrogen (secondary N) is 1. The third-order valence-electron chi connectivity index (χ3n) is 4.71. The minimum atomic E-state index is -0.271. The second-order valence-corrected chi connectivity index (χ2v) is 6.99. The monoisotopic (exact) mass is 327 g/mol. The van der Waals surface area contributed by atoms with Crippen LogP contribution in [0, 0.1) is 5.92 Å². The summed E-state index contributed by atoms with van der Waals surface area (Å²) in [6.07, 6.45) is 5.85. The van der Waals surface area contributed by atoms with E-state index >= 15 is 0 Å². The number of aromatic nitrogens is 3. The maximum absolute atomic E-state index is 12.5. The molecule has 1 N–H and O–H groups in total. The van der Waals surface area contributed by atoms with E-state index < -0.39 is 0 Å². The molecule has 1 aliphatic heterocycles. The molecule has 7 heteroatoms. The van der Waals surface area contributed by atoms with Gasteiger partial charge in [0.2, 0.25) is 11.8 Å². The van der Waals surface area contributed by atoms with Gasteiger partial charge in [-0.15, -0.1) is 0 Å². The van der Waals surface area contributed by atoms with Crippen LogP contribution in [0.25, 0.3) is 11.0 Å². The van der Waals surface area contributed by atoms with Gasteiger partial charge in [-0.3, -0.25) is 9.59 Å². The summed E-state index contributed by atoms with van der Waals surface area (Å²) in [5, 5.41) is 8.12. The summed E-state index contributed by atoms with van der Waals surface area (Å²) < 4.78 is 1.85. The SMILES string of the molecule is CC(C)n1ncc2cc(NC(=O)[C@@H]3CC(=O)N(C4CC4)C3)cnc21. The van der Waals surface area contributed by atoms with E-state index in [1.54, 1.807) is 12.4 Å². The molecule has 2 fully saturated rings. The lowest BCUT2D eigenvalue weighted by Gasteiger charge is -2.15. The number of rotatable bonds is 4. The molecule has 2 aliphatic rings. The van der Waals surface area contributed by atoms with Crippen LogP contribution >= 0.6 is 0 Å². The van der Waals surface area contributed by atoms with Crippen molar-refractivity contribution in [2.75, 3.05) is 11.9 Å². The zero-order valence-corrected chi connectivity index (χ0v) is 13.9. The second-order valence-electron chi connectivity index (χ2n) is 6.99. The van der Waals surface area contributed by atoms with Crippen molar-refractivity contribution < 1.29 is 9.59 Å². The van der Waals surface area contributed by atoms with Crippen molar-refractivity contribution in [1.82, 2.24) is 19.7 Å². The van der Waals surface area contributed by atoms with E-state index in [0.717, 1.165) is 23.9 Å². The molecular weight excluding hydrogens is 306 g/mol. The van der Waals surface area contributed by atoms with Gasteiger partial charge in [0.05, 0.1) is 24.0 Å². The summed E-state index contributed by atoms with van der Waals surface area (Å²) >= 11 is 0. The number of likely N-dealkylation sites (tertiary alicyclic amines) is 1. The highest BCUT2D eigenvalue weighted by Crippen LogP contribution is 2.33. The maximum Gasteiger partial charge on any atom is 0.229 e. The van der Waals surface area contributed by atoms with Crippen LogP contribution in [0.1, 0.15) is 39.2 Å². The number of fused-ring (bicyclic) bond motifs is 1. The van der Waals surface area contributed by atoms with Crippen molar-refractivity contribution in [1.29, 1.82) is 0 Å². The van der Waals surface area contributed by atoms with E-state index in [9.17, 15) is 9.59 Å². The van der Waals surface area contributed by atoms with Crippen LogP contribution in [0.4, 0.5) is 5.69 Å². The van der Waals surface area contributed by atoms with Crippen LogP contribution in [-0.2, 0) is 9.59 Å². The fraction of sp³-hybridized carbons (Fsp3) is 0.529. The van der Waals surface area contributed by atoms with Gasteiger partial charge in [0.25, 0.3) is 0 Å². The van der Waals surface area contributed by atoms with E-state index in [-0.39, 0.29) is 23.8 Å². The first-order chi connectivity index (χ1) is 11.5. The highest BCUT2D eigenvalue weighted by atomic mass is 16.2. The number of hydrogen-bond donors (Lipinski definition) is 1. The first kappa shape index (κ1) is 15.1. The Morgan fingerprint density at radius 3 is 2.83 bits per heavy atom. The molecule has 4 rings (SSSR count). The van der Waals surface area contributed by atoms with Crippen LogP contribution in [-0.4, -0.2) is 44.1 Å². The van der Waals surface area contributed by atoms with Crippen LogP contribution in [0.3, 0.4) is 0 Å². The highest BCUT2D eigenvalue weighted by Gasteiger charge is 2.41. The molecule has 1 saturated carbocycles. The number of amides is 2. The normalized spacial score (nSPS) is 21.0. The third kappa shape index (κ3) is 2.64. The number of carbonyl (C=O) groups is 2. The van der Waals surface area contributed by atoms with E-state index in [2.05, 4.69) is 15.4 Å². The van der Waals surface area contributed by atoms with Gasteiger partial charge in [-0.2, -0.15) is 5.10 Å². The van der Waals surface area contributed by atoms with E-state index in [4.69, 9.17) is 0 Å². The molecule has 0 spiro atoms. The summed E-state index contributed by atoms with van der Waals surface area (Å²) in [5.74, 6) is -0.277. The van der Waals surface area contributed by atoms with Gasteiger partial charge in [-0.05, 0) is 32.8 Å². The molecule has 1 atom stereocenters. The van der Waals surface area contributed by atoms with E-state index in [1.165, 1.54) is 0 Å². The summed E-state index contributed by atoms with van der Waals surface area (Å²) in [6.45, 7) is 4.63. The third-order valence-corrected chi connectivity index (χ3v) is 4.71. The molecule has 1 aliphatic carbocycles. The van der Waals surface area contributed by atoms with Crippen molar-refractivity contribution in [3.8, 4) is 0 Å². The van der Waals surface area contributed by atoms with Gasteiger partial charge in [0, 0.05) is 30.4 Å². The number of hydrogen-bond acceptors (Lipinski definition) is 4. The Bertz CT molecular complexity index is 808. The predicted octanol–water partition coefficient (Wildman–Crippen LogP) is 1.96. The first-order valence-corrected chi connectivity index (χ1v) is 8.46. The number of pyridine rings is 1. The molecule has 24 heavy (non-hydrogen) atoms. The van der Waals surface area contributed by atoms with Gasteiger partial charge in [-0.1, -0.05) is 0 Å². The minimum Gasteiger partial charge on any atom is -0.339 e. The molecule has 126 valence electrons. The Hall–Kier alpha value is -2.44. The van der Waals surface area contributed by atoms with Gasteiger partial charge < -0.3 is 10.2 Å². The van der Waals surface area contributed by atoms with Crippen molar-refractivity contribution >= 4 is 28.5 Å². The smallest absolute Gasteiger partial charge is 0.229 e. The molecule has 0 aromatic carbocycles. The zero-order valence-electron chi connectivity index (χ0n) is 13.9.